The molecule has 55 heavy (non-hydrogen) atoms. The number of carbonyl (C=O) groups excluding carboxylic acids is 2. The summed E-state index contributed by atoms with van der Waals surface area (Å²) in [5.74, 6) is 0.0859. The van der Waals surface area contributed by atoms with Crippen LogP contribution in [0.4, 0.5) is 0 Å². The molecule has 13 nitrogen and oxygen atoms in total. The van der Waals surface area contributed by atoms with Crippen LogP contribution in [-0.4, -0.2) is 124 Å². The van der Waals surface area contributed by atoms with Crippen LogP contribution in [0.25, 0.3) is 0 Å². The molecule has 0 aromatic rings. The summed E-state index contributed by atoms with van der Waals surface area (Å²) >= 11 is 0. The maximum atomic E-state index is 13.3. The molecule has 0 radical (unpaired) electrons. The van der Waals surface area contributed by atoms with Crippen molar-refractivity contribution in [1.29, 1.82) is 0 Å². The first-order chi connectivity index (χ1) is 26.3. The molecule has 0 unspecified atom stereocenters. The Balaban J connectivity index is 0.865. The van der Waals surface area contributed by atoms with Gasteiger partial charge in [0.15, 0.2) is 24.7 Å². The van der Waals surface area contributed by atoms with Crippen molar-refractivity contribution in [2.24, 2.45) is 28.6 Å². The van der Waals surface area contributed by atoms with Crippen LogP contribution in [0.3, 0.4) is 0 Å². The first-order valence-electron chi connectivity index (χ1n) is 20.7. The van der Waals surface area contributed by atoms with E-state index in [0.29, 0.717) is 31.6 Å². The van der Waals surface area contributed by atoms with E-state index in [-0.39, 0.29) is 77.8 Å². The van der Waals surface area contributed by atoms with Gasteiger partial charge < -0.3 is 52.5 Å². The Kier molecular flexibility index (Phi) is 11.2. The number of aliphatic hydroxyl groups excluding tert-OH is 1. The highest BCUT2D eigenvalue weighted by Gasteiger charge is 2.68. The van der Waals surface area contributed by atoms with Crippen molar-refractivity contribution >= 4 is 11.8 Å². The molecule has 4 heterocycles. The van der Waals surface area contributed by atoms with Gasteiger partial charge in [0.2, 0.25) is 0 Å². The molecule has 0 amide bonds. The van der Waals surface area contributed by atoms with Crippen LogP contribution in [0.2, 0.25) is 0 Å². The number of ketones is 1. The maximum Gasteiger partial charge on any atom is 0.317 e. The Hall–Kier alpha value is -1.78. The molecule has 1 N–H and O–H groups in total. The minimum atomic E-state index is -0.749. The molecule has 2 saturated carbocycles. The minimum absolute atomic E-state index is 0.00681. The highest BCUT2D eigenvalue weighted by Crippen LogP contribution is 2.66. The van der Waals surface area contributed by atoms with Crippen molar-refractivity contribution in [3.63, 3.8) is 0 Å². The van der Waals surface area contributed by atoms with E-state index in [1.807, 2.05) is 33.8 Å². The van der Waals surface area contributed by atoms with Gasteiger partial charge in [0, 0.05) is 40.6 Å². The largest absolute Gasteiger partial charge is 0.461 e. The van der Waals surface area contributed by atoms with E-state index in [9.17, 15) is 14.7 Å². The van der Waals surface area contributed by atoms with Crippen molar-refractivity contribution < 1.29 is 62.1 Å². The van der Waals surface area contributed by atoms with Crippen molar-refractivity contribution in [3.05, 3.63) is 23.3 Å². The summed E-state index contributed by atoms with van der Waals surface area (Å²) in [4.78, 5) is 26.4. The van der Waals surface area contributed by atoms with Crippen LogP contribution < -0.4 is 0 Å². The third-order valence-electron chi connectivity index (χ3n) is 14.9. The first-order valence-corrected chi connectivity index (χ1v) is 20.7. The van der Waals surface area contributed by atoms with Crippen molar-refractivity contribution in [2.75, 3.05) is 21.3 Å². The quantitative estimate of drug-likeness (QED) is 0.258. The number of aliphatic hydroxyl groups is 1. The fourth-order valence-electron chi connectivity index (χ4n) is 12.0. The van der Waals surface area contributed by atoms with Gasteiger partial charge in [0.25, 0.3) is 0 Å². The second-order valence-corrected chi connectivity index (χ2v) is 17.7. The Morgan fingerprint density at radius 3 is 1.95 bits per heavy atom. The Bertz CT molecular complexity index is 1520. The van der Waals surface area contributed by atoms with Crippen molar-refractivity contribution in [3.8, 4) is 0 Å². The third-order valence-corrected chi connectivity index (χ3v) is 14.9. The fourth-order valence-corrected chi connectivity index (χ4v) is 12.0. The predicted molar refractivity (Wildman–Crippen MR) is 195 cm³/mol. The number of rotatable bonds is 9. The maximum absolute atomic E-state index is 13.3. The Labute approximate surface area is 325 Å². The minimum Gasteiger partial charge on any atom is -0.461 e. The molecule has 4 aliphatic heterocycles. The first kappa shape index (κ1) is 40.0. The average molecular weight is 775 g/mol. The smallest absolute Gasteiger partial charge is 0.317 e. The van der Waals surface area contributed by atoms with Crippen LogP contribution in [-0.2, 0) is 57.0 Å². The number of hydrogen-bond donors (Lipinski definition) is 1. The zero-order valence-corrected chi connectivity index (χ0v) is 33.7. The monoisotopic (exact) mass is 774 g/mol. The normalized spacial score (nSPS) is 51.0. The number of ether oxygens (including phenoxy) is 10. The fraction of sp³-hybridized carbons (Fsp3) is 0.857. The second-order valence-electron chi connectivity index (χ2n) is 17.7. The van der Waals surface area contributed by atoms with Gasteiger partial charge in [-0.05, 0) is 95.1 Å². The topological polar surface area (TPSA) is 147 Å². The summed E-state index contributed by atoms with van der Waals surface area (Å²) in [6.07, 6.45) is 5.22. The summed E-state index contributed by atoms with van der Waals surface area (Å²) in [5.41, 5.74) is 1.71. The van der Waals surface area contributed by atoms with Gasteiger partial charge in [-0.15, -0.1) is 0 Å². The van der Waals surface area contributed by atoms with Gasteiger partial charge >= 0.3 is 5.97 Å². The van der Waals surface area contributed by atoms with Crippen LogP contribution in [0, 0.1) is 28.6 Å². The SMILES string of the molecule is CO[C@H]1C[C@H](O[C@H]2[C@@H](OC)C[C@H](O[C@H]3[C@@H](OC)C[C@H](O[C@H]4CC[C@@]5(C)C(=CC[C@H]6C7=CC(=O)[C@@H]8[C@@H](C)OC(=O)[C@]78CC[C@@H]65)C4)O[C@@H]3C)O[C@@H]2C)O[C@H](C)[C@H]1O. The summed E-state index contributed by atoms with van der Waals surface area (Å²) < 4.78 is 61.5. The van der Waals surface area contributed by atoms with E-state index in [1.54, 1.807) is 21.3 Å². The van der Waals surface area contributed by atoms with E-state index < -0.39 is 42.6 Å². The van der Waals surface area contributed by atoms with Crippen LogP contribution in [0.15, 0.2) is 23.3 Å². The predicted octanol–water partition coefficient (Wildman–Crippen LogP) is 4.56. The van der Waals surface area contributed by atoms with E-state index in [4.69, 9.17) is 47.4 Å². The van der Waals surface area contributed by atoms with Crippen LogP contribution in [0.5, 0.6) is 0 Å². The lowest BCUT2D eigenvalue weighted by Gasteiger charge is -2.55. The van der Waals surface area contributed by atoms with Crippen molar-refractivity contribution in [2.45, 2.75) is 178 Å². The molecule has 4 saturated heterocycles. The van der Waals surface area contributed by atoms with Gasteiger partial charge in [-0.3, -0.25) is 9.59 Å². The summed E-state index contributed by atoms with van der Waals surface area (Å²) in [7, 11) is 4.94. The molecular weight excluding hydrogens is 712 g/mol. The molecule has 0 aromatic heterocycles. The Morgan fingerprint density at radius 2 is 1.33 bits per heavy atom. The number of fused-ring (bicyclic) bond motifs is 4. The molecule has 8 rings (SSSR count). The van der Waals surface area contributed by atoms with Gasteiger partial charge in [-0.2, -0.15) is 0 Å². The molecule has 13 heteroatoms. The zero-order valence-electron chi connectivity index (χ0n) is 33.7. The molecule has 0 bridgehead atoms. The lowest BCUT2D eigenvalue weighted by atomic mass is 9.48. The third kappa shape index (κ3) is 6.79. The number of esters is 1. The van der Waals surface area contributed by atoms with Gasteiger partial charge in [-0.25, -0.2) is 0 Å². The van der Waals surface area contributed by atoms with Gasteiger partial charge in [0.1, 0.15) is 29.8 Å². The van der Waals surface area contributed by atoms with Gasteiger partial charge in [0.05, 0.1) is 48.6 Å². The lowest BCUT2D eigenvalue weighted by molar-refractivity contribution is -0.338. The number of methoxy groups -OCH3 is 3. The zero-order chi connectivity index (χ0) is 39.0. The van der Waals surface area contributed by atoms with E-state index in [0.717, 1.165) is 37.7 Å². The highest BCUT2D eigenvalue weighted by atomic mass is 16.7. The lowest BCUT2D eigenvalue weighted by Crippen LogP contribution is -2.57. The molecule has 8 aliphatic rings. The van der Waals surface area contributed by atoms with Gasteiger partial charge in [-0.1, -0.05) is 18.6 Å². The molecule has 4 aliphatic carbocycles. The summed E-state index contributed by atoms with van der Waals surface area (Å²) in [6.45, 7) is 10.00. The molecular formula is C42H62O13. The van der Waals surface area contributed by atoms with E-state index in [2.05, 4.69) is 13.0 Å². The van der Waals surface area contributed by atoms with E-state index >= 15 is 0 Å². The summed E-state index contributed by atoms with van der Waals surface area (Å²) in [6, 6.07) is 0. The van der Waals surface area contributed by atoms with Crippen LogP contribution in [0.1, 0.15) is 92.4 Å². The number of carbonyl (C=O) groups is 2. The molecule has 308 valence electrons. The van der Waals surface area contributed by atoms with Crippen molar-refractivity contribution in [1.82, 2.24) is 0 Å². The van der Waals surface area contributed by atoms with Crippen LogP contribution >= 0.6 is 0 Å². The van der Waals surface area contributed by atoms with E-state index in [1.165, 1.54) is 5.57 Å². The standard InChI is InChI=1S/C42H62O13/c1-20-36-29(43)16-28-26-10-9-24-15-25(11-13-41(24,5)27(26)12-14-42(28,36)40(45)52-20)53-33-18-31(47-7)38(22(3)50-33)55-35-19-32(48-8)39(23(4)51-35)54-34-17-30(46-6)37(44)21(2)49-34/h9,16,20-23,25-27,30-39,44H,10-15,17-19H2,1-8H3/t20-,21-,22-,23-,25+,26-,27+,30+,31+,32+,33+,34+,35+,36+,37-,38-,39-,41+,42-/m1/s1. The Morgan fingerprint density at radius 1 is 0.745 bits per heavy atom. The number of cyclic esters (lactones) is 1. The molecule has 1 spiro atoms. The summed E-state index contributed by atoms with van der Waals surface area (Å²) in [5, 5.41) is 10.4. The number of allylic oxidation sites excluding steroid dienone is 2. The highest BCUT2D eigenvalue weighted by molar-refractivity contribution is 6.05. The average Bonchev–Trinajstić information content (AvgIpc) is 3.61. The number of hydrogen-bond acceptors (Lipinski definition) is 13. The molecule has 6 fully saturated rings. The second kappa shape index (κ2) is 15.4. The molecule has 19 atom stereocenters. The molecule has 0 aromatic carbocycles.